The largest absolute Gasteiger partial charge is 0.202 e. The zero-order valence-electron chi connectivity index (χ0n) is 11.7. The molecule has 4 heteroatoms. The monoisotopic (exact) mass is 290 g/mol. The summed E-state index contributed by atoms with van der Waals surface area (Å²) in [5, 5.41) is 0.473. The smallest absolute Gasteiger partial charge is 0.173 e. The van der Waals surface area contributed by atoms with Gasteiger partial charge in [0.05, 0.1) is 0 Å². The Morgan fingerprint density at radius 3 is 1.22 bits per heavy atom. The Labute approximate surface area is 117 Å². The van der Waals surface area contributed by atoms with E-state index in [0.29, 0.717) is 9.79 Å². The quantitative estimate of drug-likeness (QED) is 0.664. The third kappa shape index (κ3) is 3.41. The van der Waals surface area contributed by atoms with Gasteiger partial charge in [-0.25, -0.2) is 8.78 Å². The maximum atomic E-state index is 14.1. The molecule has 0 radical (unpaired) electrons. The van der Waals surface area contributed by atoms with Gasteiger partial charge < -0.3 is 0 Å². The molecule has 0 unspecified atom stereocenters. The summed E-state index contributed by atoms with van der Waals surface area (Å²) in [6.45, 7) is 11.7. The third-order valence-corrected chi connectivity index (χ3v) is 4.93. The first-order chi connectivity index (χ1) is 8.25. The molecule has 102 valence electrons. The topological polar surface area (TPSA) is 0 Å². The van der Waals surface area contributed by atoms with Crippen molar-refractivity contribution in [2.24, 2.45) is 0 Å². The fourth-order valence-corrected chi connectivity index (χ4v) is 3.61. The van der Waals surface area contributed by atoms with Gasteiger partial charge in [0.1, 0.15) is 0 Å². The molecule has 0 atom stereocenters. The van der Waals surface area contributed by atoms with Crippen LogP contribution in [0.1, 0.15) is 38.8 Å². The van der Waals surface area contributed by atoms with E-state index in [1.165, 1.54) is 23.5 Å². The van der Waals surface area contributed by atoms with Crippen molar-refractivity contribution < 1.29 is 8.78 Å². The average Bonchev–Trinajstić information content (AvgIpc) is 2.27. The lowest BCUT2D eigenvalue weighted by Crippen LogP contribution is -2.03. The van der Waals surface area contributed by atoms with Crippen LogP contribution in [0.4, 0.5) is 8.78 Å². The first kappa shape index (κ1) is 15.8. The van der Waals surface area contributed by atoms with Crippen LogP contribution in [0.15, 0.2) is 9.79 Å². The summed E-state index contributed by atoms with van der Waals surface area (Å²) in [7, 11) is 0. The van der Waals surface area contributed by atoms with Crippen LogP contribution in [0.2, 0.25) is 0 Å². The minimum absolute atomic E-state index is 0.237. The van der Waals surface area contributed by atoms with E-state index in [9.17, 15) is 8.78 Å². The Bertz CT molecular complexity index is 370. The Kier molecular flexibility index (Phi) is 5.53. The summed E-state index contributed by atoms with van der Waals surface area (Å²) >= 11 is 2.77. The molecule has 1 aromatic carbocycles. The lowest BCUT2D eigenvalue weighted by molar-refractivity contribution is 0.471. The van der Waals surface area contributed by atoms with Crippen LogP contribution in [0.25, 0.3) is 0 Å². The number of hydrogen-bond donors (Lipinski definition) is 0. The first-order valence-electron chi connectivity index (χ1n) is 6.07. The zero-order chi connectivity index (χ0) is 14.0. The molecule has 0 saturated carbocycles. The molecule has 0 heterocycles. The molecule has 18 heavy (non-hydrogen) atoms. The van der Waals surface area contributed by atoms with E-state index in [1.54, 1.807) is 0 Å². The highest BCUT2D eigenvalue weighted by molar-refractivity contribution is 8.00. The van der Waals surface area contributed by atoms with E-state index in [-0.39, 0.29) is 10.5 Å². The summed E-state index contributed by atoms with van der Waals surface area (Å²) < 4.78 is 28.2. The number of benzene rings is 1. The van der Waals surface area contributed by atoms with Gasteiger partial charge in [0.2, 0.25) is 0 Å². The average molecular weight is 290 g/mol. The van der Waals surface area contributed by atoms with Crippen LogP contribution >= 0.6 is 23.5 Å². The molecule has 1 aromatic rings. The van der Waals surface area contributed by atoms with E-state index in [0.717, 1.165) is 11.1 Å². The van der Waals surface area contributed by atoms with Crippen molar-refractivity contribution in [2.45, 2.75) is 61.8 Å². The van der Waals surface area contributed by atoms with Gasteiger partial charge in [-0.05, 0) is 25.0 Å². The minimum Gasteiger partial charge on any atom is -0.202 e. The summed E-state index contributed by atoms with van der Waals surface area (Å²) in [6.07, 6.45) is 0. The van der Waals surface area contributed by atoms with Crippen molar-refractivity contribution in [3.63, 3.8) is 0 Å². The van der Waals surface area contributed by atoms with E-state index in [1.807, 2.05) is 41.5 Å². The maximum absolute atomic E-state index is 14.1. The lowest BCUT2D eigenvalue weighted by Gasteiger charge is -2.17. The highest BCUT2D eigenvalue weighted by atomic mass is 32.2. The van der Waals surface area contributed by atoms with Gasteiger partial charge in [-0.15, -0.1) is 23.5 Å². The molecule has 0 nitrogen and oxygen atoms in total. The van der Waals surface area contributed by atoms with Crippen molar-refractivity contribution in [3.8, 4) is 0 Å². The van der Waals surface area contributed by atoms with Gasteiger partial charge in [0, 0.05) is 20.3 Å². The number of halogens is 2. The molecule has 0 saturated heterocycles. The van der Waals surface area contributed by atoms with E-state index in [4.69, 9.17) is 0 Å². The number of rotatable bonds is 4. The molecule has 0 N–H and O–H groups in total. The maximum Gasteiger partial charge on any atom is 0.173 e. The normalized spacial score (nSPS) is 11.7. The molecule has 0 fully saturated rings. The highest BCUT2D eigenvalue weighted by Gasteiger charge is 2.22. The number of thioether (sulfide) groups is 2. The zero-order valence-corrected chi connectivity index (χ0v) is 13.4. The van der Waals surface area contributed by atoms with Gasteiger partial charge in [-0.2, -0.15) is 0 Å². The van der Waals surface area contributed by atoms with Gasteiger partial charge in [0.15, 0.2) is 11.6 Å². The second-order valence-electron chi connectivity index (χ2n) is 4.87. The predicted molar refractivity (Wildman–Crippen MR) is 77.8 cm³/mol. The molecule has 1 rings (SSSR count). The van der Waals surface area contributed by atoms with E-state index >= 15 is 0 Å². The summed E-state index contributed by atoms with van der Waals surface area (Å²) in [4.78, 5) is 0.904. The van der Waals surface area contributed by atoms with Crippen LogP contribution in [-0.4, -0.2) is 10.5 Å². The standard InChI is InChI=1S/C14H20F2S2/c1-7(2)17-13-9(5)10(6)14(18-8(3)4)12(16)11(13)15/h7-8H,1-6H3. The molecule has 0 amide bonds. The first-order valence-corrected chi connectivity index (χ1v) is 7.83. The van der Waals surface area contributed by atoms with Gasteiger partial charge in [-0.3, -0.25) is 0 Å². The fraction of sp³-hybridized carbons (Fsp3) is 0.571. The van der Waals surface area contributed by atoms with Gasteiger partial charge >= 0.3 is 0 Å². The summed E-state index contributed by atoms with van der Waals surface area (Å²) in [5.74, 6) is -1.39. The molecule has 0 aliphatic heterocycles. The highest BCUT2D eigenvalue weighted by Crippen LogP contribution is 2.39. The van der Waals surface area contributed by atoms with Crippen molar-refractivity contribution >= 4 is 23.5 Å². The lowest BCUT2D eigenvalue weighted by atomic mass is 10.1. The molecule has 0 aliphatic rings. The fourth-order valence-electron chi connectivity index (χ4n) is 1.62. The van der Waals surface area contributed by atoms with Gasteiger partial charge in [-0.1, -0.05) is 27.7 Å². The van der Waals surface area contributed by atoms with Crippen LogP contribution in [0.3, 0.4) is 0 Å². The minimum atomic E-state index is -0.694. The van der Waals surface area contributed by atoms with E-state index < -0.39 is 11.6 Å². The molecule has 0 aromatic heterocycles. The Balaban J connectivity index is 3.35. The second-order valence-corrected chi connectivity index (χ2v) is 8.04. The van der Waals surface area contributed by atoms with Crippen molar-refractivity contribution in [1.29, 1.82) is 0 Å². The van der Waals surface area contributed by atoms with Crippen molar-refractivity contribution in [3.05, 3.63) is 22.8 Å². The van der Waals surface area contributed by atoms with Crippen LogP contribution < -0.4 is 0 Å². The van der Waals surface area contributed by atoms with Crippen molar-refractivity contribution in [1.82, 2.24) is 0 Å². The Morgan fingerprint density at radius 2 is 1.00 bits per heavy atom. The third-order valence-electron chi connectivity index (χ3n) is 2.54. The van der Waals surface area contributed by atoms with Crippen molar-refractivity contribution in [2.75, 3.05) is 0 Å². The van der Waals surface area contributed by atoms with Crippen LogP contribution in [0.5, 0.6) is 0 Å². The van der Waals surface area contributed by atoms with E-state index in [2.05, 4.69) is 0 Å². The Hall–Kier alpha value is -0.220. The SMILES string of the molecule is Cc1c(C)c(SC(C)C)c(F)c(F)c1SC(C)C. The van der Waals surface area contributed by atoms with Gasteiger partial charge in [0.25, 0.3) is 0 Å². The summed E-state index contributed by atoms with van der Waals surface area (Å²) in [5.41, 5.74) is 1.71. The molecule has 0 bridgehead atoms. The number of hydrogen-bond acceptors (Lipinski definition) is 2. The second kappa shape index (κ2) is 6.29. The molecular weight excluding hydrogens is 270 g/mol. The van der Waals surface area contributed by atoms with Crippen LogP contribution in [0, 0.1) is 25.5 Å². The van der Waals surface area contributed by atoms with Crippen LogP contribution in [-0.2, 0) is 0 Å². The molecular formula is C14H20F2S2. The summed E-state index contributed by atoms with van der Waals surface area (Å²) in [6, 6.07) is 0. The predicted octanol–water partition coefficient (Wildman–Crippen LogP) is 5.58. The molecule has 0 aliphatic carbocycles. The Morgan fingerprint density at radius 1 is 0.722 bits per heavy atom. The molecule has 0 spiro atoms.